The molecule has 0 spiro atoms. The summed E-state index contributed by atoms with van der Waals surface area (Å²) in [5.74, 6) is -1.66. The predicted octanol–water partition coefficient (Wildman–Crippen LogP) is 5.78. The summed E-state index contributed by atoms with van der Waals surface area (Å²) in [6.07, 6.45) is 3.78. The normalized spacial score (nSPS) is 13.1. The number of unbranched alkanes of at least 4 members (excludes halogenated alkanes) is 1. The van der Waals surface area contributed by atoms with Crippen LogP contribution in [0.5, 0.6) is 5.88 Å². The quantitative estimate of drug-likeness (QED) is 0.359. The molecule has 0 N–H and O–H groups in total. The molecule has 2 aromatic carbocycles. The van der Waals surface area contributed by atoms with Crippen LogP contribution in [0.1, 0.15) is 44.1 Å². The number of hydrogen-bond acceptors (Lipinski definition) is 3. The van der Waals surface area contributed by atoms with Crippen LogP contribution < -0.4 is 10.3 Å². The number of halogens is 2. The fraction of sp³-hybridized carbons (Fsp3) is 0.292. The van der Waals surface area contributed by atoms with Crippen molar-refractivity contribution < 1.29 is 13.5 Å². The Kier molecular flexibility index (Phi) is 5.81. The second kappa shape index (κ2) is 8.68. The van der Waals surface area contributed by atoms with Crippen molar-refractivity contribution in [3.05, 3.63) is 81.4 Å². The molecule has 4 rings (SSSR count). The molecule has 0 aliphatic heterocycles. The van der Waals surface area contributed by atoms with Crippen LogP contribution in [0.4, 0.5) is 14.5 Å². The molecule has 7 heteroatoms. The van der Waals surface area contributed by atoms with Gasteiger partial charge in [-0.1, -0.05) is 37.6 Å². The molecule has 0 bridgehead atoms. The third kappa shape index (κ3) is 4.19. The van der Waals surface area contributed by atoms with Gasteiger partial charge in [0.05, 0.1) is 18.9 Å². The summed E-state index contributed by atoms with van der Waals surface area (Å²) in [4.78, 5) is 20.3. The summed E-state index contributed by atoms with van der Waals surface area (Å²) in [6, 6.07) is 11.2. The summed E-state index contributed by atoms with van der Waals surface area (Å²) in [5, 5.41) is 0. The largest absolute Gasteiger partial charge is 0.475 e. The van der Waals surface area contributed by atoms with Crippen molar-refractivity contribution in [3.63, 3.8) is 0 Å². The van der Waals surface area contributed by atoms with E-state index in [1.165, 1.54) is 17.7 Å². The standard InChI is InChI=1S/C24H21F2N3O2/c1-3-4-13-31-23-21(26)24(30)29(18-10-7-16(8-11-18)15-5-6-15)22(28-23)17-9-12-20(27-2)19(25)14-17/h7-12,14-15H,3-6,13H2,1H3. The van der Waals surface area contributed by atoms with Crippen molar-refractivity contribution in [1.29, 1.82) is 0 Å². The lowest BCUT2D eigenvalue weighted by molar-refractivity contribution is 0.279. The molecule has 1 fully saturated rings. The number of ether oxygens (including phenoxy) is 1. The second-order valence-corrected chi connectivity index (χ2v) is 7.54. The van der Waals surface area contributed by atoms with Crippen LogP contribution in [-0.4, -0.2) is 16.2 Å². The molecule has 0 saturated heterocycles. The summed E-state index contributed by atoms with van der Waals surface area (Å²) < 4.78 is 35.7. The zero-order chi connectivity index (χ0) is 22.0. The maximum atomic E-state index is 14.9. The third-order valence-corrected chi connectivity index (χ3v) is 5.26. The molecule has 0 radical (unpaired) electrons. The second-order valence-electron chi connectivity index (χ2n) is 7.54. The molecular formula is C24H21F2N3O2. The van der Waals surface area contributed by atoms with Gasteiger partial charge in [0, 0.05) is 5.56 Å². The van der Waals surface area contributed by atoms with Crippen LogP contribution in [0.2, 0.25) is 0 Å². The van der Waals surface area contributed by atoms with Crippen molar-refractivity contribution in [2.45, 2.75) is 38.5 Å². The highest BCUT2D eigenvalue weighted by Gasteiger charge is 2.24. The predicted molar refractivity (Wildman–Crippen MR) is 114 cm³/mol. The molecule has 0 unspecified atom stereocenters. The Morgan fingerprint density at radius 2 is 1.94 bits per heavy atom. The Morgan fingerprint density at radius 1 is 1.19 bits per heavy atom. The van der Waals surface area contributed by atoms with Gasteiger partial charge in [0.25, 0.3) is 17.3 Å². The number of rotatable bonds is 7. The first-order chi connectivity index (χ1) is 15.0. The van der Waals surface area contributed by atoms with E-state index in [2.05, 4.69) is 9.83 Å². The van der Waals surface area contributed by atoms with Gasteiger partial charge in [-0.25, -0.2) is 9.24 Å². The number of nitrogens with zero attached hydrogens (tertiary/aromatic N) is 3. The molecule has 5 nitrogen and oxygen atoms in total. The first kappa shape index (κ1) is 20.7. The zero-order valence-corrected chi connectivity index (χ0v) is 17.1. The van der Waals surface area contributed by atoms with Gasteiger partial charge in [-0.15, -0.1) is 0 Å². The Labute approximate surface area is 178 Å². The van der Waals surface area contributed by atoms with Gasteiger partial charge in [0.1, 0.15) is 5.82 Å². The fourth-order valence-corrected chi connectivity index (χ4v) is 3.37. The number of hydrogen-bond donors (Lipinski definition) is 0. The molecule has 158 valence electrons. The molecular weight excluding hydrogens is 400 g/mol. The maximum absolute atomic E-state index is 14.9. The van der Waals surface area contributed by atoms with Crippen LogP contribution in [0.15, 0.2) is 47.3 Å². The monoisotopic (exact) mass is 421 g/mol. The van der Waals surface area contributed by atoms with E-state index in [4.69, 9.17) is 11.3 Å². The van der Waals surface area contributed by atoms with Crippen LogP contribution in [-0.2, 0) is 0 Å². The summed E-state index contributed by atoms with van der Waals surface area (Å²) in [5.41, 5.74) is 0.760. The molecule has 1 saturated carbocycles. The third-order valence-electron chi connectivity index (χ3n) is 5.26. The van der Waals surface area contributed by atoms with E-state index in [0.29, 0.717) is 18.0 Å². The average Bonchev–Trinajstić information content (AvgIpc) is 3.62. The molecule has 31 heavy (non-hydrogen) atoms. The van der Waals surface area contributed by atoms with Crippen LogP contribution in [0, 0.1) is 18.2 Å². The van der Waals surface area contributed by atoms with E-state index in [0.717, 1.165) is 29.9 Å². The Morgan fingerprint density at radius 3 is 2.55 bits per heavy atom. The van der Waals surface area contributed by atoms with Crippen molar-refractivity contribution in [2.75, 3.05) is 6.61 Å². The molecule has 1 aliphatic carbocycles. The van der Waals surface area contributed by atoms with Crippen molar-refractivity contribution in [3.8, 4) is 23.0 Å². The summed E-state index contributed by atoms with van der Waals surface area (Å²) in [7, 11) is 0. The minimum absolute atomic E-state index is 0.0486. The molecule has 0 atom stereocenters. The average molecular weight is 421 g/mol. The molecule has 1 heterocycles. The Balaban J connectivity index is 1.87. The van der Waals surface area contributed by atoms with Gasteiger partial charge in [-0.05, 0) is 48.9 Å². The van der Waals surface area contributed by atoms with Crippen molar-refractivity contribution in [1.82, 2.24) is 9.55 Å². The van der Waals surface area contributed by atoms with Crippen molar-refractivity contribution in [2.24, 2.45) is 0 Å². The van der Waals surface area contributed by atoms with Crippen LogP contribution >= 0.6 is 0 Å². The molecule has 1 aromatic heterocycles. The van der Waals surface area contributed by atoms with Gasteiger partial charge in [0.15, 0.2) is 5.82 Å². The topological polar surface area (TPSA) is 48.5 Å². The highest BCUT2D eigenvalue weighted by Crippen LogP contribution is 2.40. The van der Waals surface area contributed by atoms with E-state index in [1.54, 1.807) is 12.1 Å². The SMILES string of the molecule is [C-]#[N+]c1ccc(-c2nc(OCCCC)c(F)c(=O)n2-c2ccc(C3CC3)cc2)cc1F. The first-order valence-corrected chi connectivity index (χ1v) is 10.3. The van der Waals surface area contributed by atoms with E-state index in [-0.39, 0.29) is 23.7 Å². The summed E-state index contributed by atoms with van der Waals surface area (Å²) >= 11 is 0. The number of benzene rings is 2. The van der Waals surface area contributed by atoms with E-state index >= 15 is 0 Å². The molecule has 3 aromatic rings. The minimum atomic E-state index is -1.09. The number of aromatic nitrogens is 2. The lowest BCUT2D eigenvalue weighted by Gasteiger charge is -2.16. The Bertz CT molecular complexity index is 1210. The van der Waals surface area contributed by atoms with E-state index in [1.807, 2.05) is 19.1 Å². The van der Waals surface area contributed by atoms with E-state index < -0.39 is 23.1 Å². The van der Waals surface area contributed by atoms with Gasteiger partial charge in [0.2, 0.25) is 5.69 Å². The Hall–Kier alpha value is -3.53. The smallest absolute Gasteiger partial charge is 0.298 e. The maximum Gasteiger partial charge on any atom is 0.298 e. The zero-order valence-electron chi connectivity index (χ0n) is 17.1. The van der Waals surface area contributed by atoms with Crippen molar-refractivity contribution >= 4 is 5.69 Å². The van der Waals surface area contributed by atoms with Gasteiger partial charge in [-0.2, -0.15) is 9.37 Å². The minimum Gasteiger partial charge on any atom is -0.475 e. The van der Waals surface area contributed by atoms with E-state index in [9.17, 15) is 13.6 Å². The highest BCUT2D eigenvalue weighted by molar-refractivity contribution is 5.63. The van der Waals surface area contributed by atoms with Gasteiger partial charge in [-0.3, -0.25) is 9.36 Å². The van der Waals surface area contributed by atoms with Crippen LogP contribution in [0.25, 0.3) is 21.9 Å². The van der Waals surface area contributed by atoms with Gasteiger partial charge < -0.3 is 4.74 Å². The first-order valence-electron chi connectivity index (χ1n) is 10.3. The lowest BCUT2D eigenvalue weighted by Crippen LogP contribution is -2.26. The lowest BCUT2D eigenvalue weighted by atomic mass is 10.1. The fourth-order valence-electron chi connectivity index (χ4n) is 3.37. The summed E-state index contributed by atoms with van der Waals surface area (Å²) in [6.45, 7) is 9.21. The van der Waals surface area contributed by atoms with Gasteiger partial charge >= 0.3 is 0 Å². The highest BCUT2D eigenvalue weighted by atomic mass is 19.1. The van der Waals surface area contributed by atoms with Crippen LogP contribution in [0.3, 0.4) is 0 Å². The molecule has 0 amide bonds. The molecule has 1 aliphatic rings.